The van der Waals surface area contributed by atoms with Gasteiger partial charge in [-0.05, 0) is 18.6 Å². The maximum atomic E-state index is 8.00. The molecule has 0 bridgehead atoms. The zero-order valence-electron chi connectivity index (χ0n) is 9.57. The van der Waals surface area contributed by atoms with E-state index in [1.54, 1.807) is 6.08 Å². The van der Waals surface area contributed by atoms with E-state index in [1.165, 1.54) is 17.3 Å². The standard InChI is InChI=1S/C12H16N2.CH2O/c1-11-5-4-6-12(9-11)10-14-8-3-2-7-13;1-2/h2-7,9,13-14H,8,10H2,1H3;1H2/b3-2-,13-7?;. The van der Waals surface area contributed by atoms with E-state index in [0.29, 0.717) is 0 Å². The molecule has 3 nitrogen and oxygen atoms in total. The molecular weight excluding hydrogens is 200 g/mol. The van der Waals surface area contributed by atoms with E-state index in [4.69, 9.17) is 10.2 Å². The Bertz CT molecular complexity index is 334. The Labute approximate surface area is 96.7 Å². The van der Waals surface area contributed by atoms with E-state index in [-0.39, 0.29) is 0 Å². The van der Waals surface area contributed by atoms with E-state index >= 15 is 0 Å². The molecule has 0 heterocycles. The van der Waals surface area contributed by atoms with Gasteiger partial charge >= 0.3 is 0 Å². The molecule has 16 heavy (non-hydrogen) atoms. The van der Waals surface area contributed by atoms with Gasteiger partial charge in [0.25, 0.3) is 0 Å². The summed E-state index contributed by atoms with van der Waals surface area (Å²) in [4.78, 5) is 8.00. The third-order valence-electron chi connectivity index (χ3n) is 1.91. The minimum absolute atomic E-state index is 0.809. The number of aryl methyl sites for hydroxylation is 1. The Morgan fingerprint density at radius 1 is 1.44 bits per heavy atom. The fraction of sp³-hybridized carbons (Fsp3) is 0.231. The molecule has 0 fully saturated rings. The first kappa shape index (κ1) is 14.3. The van der Waals surface area contributed by atoms with Crippen LogP contribution in [-0.4, -0.2) is 19.5 Å². The van der Waals surface area contributed by atoms with Crippen molar-refractivity contribution in [3.05, 3.63) is 47.5 Å². The van der Waals surface area contributed by atoms with Crippen LogP contribution in [-0.2, 0) is 11.3 Å². The molecule has 0 aliphatic heterocycles. The summed E-state index contributed by atoms with van der Waals surface area (Å²) in [6.07, 6.45) is 4.94. The van der Waals surface area contributed by atoms with Gasteiger partial charge < -0.3 is 15.5 Å². The van der Waals surface area contributed by atoms with Crippen LogP contribution in [0.15, 0.2) is 36.4 Å². The van der Waals surface area contributed by atoms with Crippen LogP contribution in [0.2, 0.25) is 0 Å². The molecule has 0 saturated carbocycles. The van der Waals surface area contributed by atoms with Crippen LogP contribution in [0.4, 0.5) is 0 Å². The van der Waals surface area contributed by atoms with Gasteiger partial charge in [-0.1, -0.05) is 35.9 Å². The van der Waals surface area contributed by atoms with Crippen LogP contribution in [0, 0.1) is 12.3 Å². The van der Waals surface area contributed by atoms with Crippen LogP contribution in [0.3, 0.4) is 0 Å². The Kier molecular flexibility index (Phi) is 8.74. The lowest BCUT2D eigenvalue weighted by Crippen LogP contribution is -2.12. The van der Waals surface area contributed by atoms with Gasteiger partial charge in [-0.3, -0.25) is 0 Å². The monoisotopic (exact) mass is 218 g/mol. The molecule has 0 aliphatic rings. The second-order valence-electron chi connectivity index (χ2n) is 3.21. The zero-order valence-corrected chi connectivity index (χ0v) is 9.57. The van der Waals surface area contributed by atoms with Gasteiger partial charge in [0.2, 0.25) is 0 Å². The molecular formula is C13H18N2O. The van der Waals surface area contributed by atoms with E-state index in [0.717, 1.165) is 13.1 Å². The number of benzene rings is 1. The lowest BCUT2D eigenvalue weighted by Gasteiger charge is -2.02. The van der Waals surface area contributed by atoms with Crippen LogP contribution < -0.4 is 5.32 Å². The number of allylic oxidation sites excluding steroid dienone is 1. The van der Waals surface area contributed by atoms with Crippen LogP contribution in [0.25, 0.3) is 0 Å². The van der Waals surface area contributed by atoms with E-state index < -0.39 is 0 Å². The lowest BCUT2D eigenvalue weighted by molar-refractivity contribution is -0.0979. The molecule has 2 N–H and O–H groups in total. The molecule has 0 radical (unpaired) electrons. The first-order valence-corrected chi connectivity index (χ1v) is 5.03. The first-order chi connectivity index (χ1) is 7.83. The molecule has 0 unspecified atom stereocenters. The summed E-state index contributed by atoms with van der Waals surface area (Å²) in [7, 11) is 0. The topological polar surface area (TPSA) is 53.0 Å². The molecule has 3 heteroatoms. The molecule has 0 saturated heterocycles. The van der Waals surface area contributed by atoms with E-state index in [1.807, 2.05) is 12.9 Å². The van der Waals surface area contributed by atoms with Crippen molar-refractivity contribution in [1.82, 2.24) is 5.32 Å². The van der Waals surface area contributed by atoms with Crippen molar-refractivity contribution >= 4 is 13.0 Å². The van der Waals surface area contributed by atoms with Crippen molar-refractivity contribution in [3.8, 4) is 0 Å². The quantitative estimate of drug-likeness (QED) is 0.587. The second-order valence-corrected chi connectivity index (χ2v) is 3.21. The van der Waals surface area contributed by atoms with Gasteiger partial charge in [-0.2, -0.15) is 0 Å². The number of rotatable bonds is 5. The van der Waals surface area contributed by atoms with Gasteiger partial charge in [0, 0.05) is 19.3 Å². The fourth-order valence-electron chi connectivity index (χ4n) is 1.26. The molecule has 1 rings (SSSR count). The Morgan fingerprint density at radius 2 is 2.19 bits per heavy atom. The number of nitrogens with one attached hydrogen (secondary N) is 2. The first-order valence-electron chi connectivity index (χ1n) is 5.03. The average molecular weight is 218 g/mol. The Morgan fingerprint density at radius 3 is 2.81 bits per heavy atom. The summed E-state index contributed by atoms with van der Waals surface area (Å²) >= 11 is 0. The van der Waals surface area contributed by atoms with Crippen molar-refractivity contribution < 1.29 is 4.79 Å². The fourth-order valence-corrected chi connectivity index (χ4v) is 1.26. The SMILES string of the molecule is C=O.Cc1cccc(CNC/C=C\C=N)c1. The summed E-state index contributed by atoms with van der Waals surface area (Å²) in [5.74, 6) is 0. The number of hydrogen-bond donors (Lipinski definition) is 2. The summed E-state index contributed by atoms with van der Waals surface area (Å²) < 4.78 is 0. The summed E-state index contributed by atoms with van der Waals surface area (Å²) in [6.45, 7) is 5.78. The smallest absolute Gasteiger partial charge is 0.106 e. The summed E-state index contributed by atoms with van der Waals surface area (Å²) in [6, 6.07) is 8.45. The predicted molar refractivity (Wildman–Crippen MR) is 67.9 cm³/mol. The molecule has 0 atom stereocenters. The minimum atomic E-state index is 0.809. The van der Waals surface area contributed by atoms with Gasteiger partial charge in [0.1, 0.15) is 6.79 Å². The number of carbonyl (C=O) groups is 1. The minimum Gasteiger partial charge on any atom is -0.309 e. The van der Waals surface area contributed by atoms with Crippen molar-refractivity contribution in [1.29, 1.82) is 5.41 Å². The Hall–Kier alpha value is -1.74. The highest BCUT2D eigenvalue weighted by Crippen LogP contribution is 2.02. The summed E-state index contributed by atoms with van der Waals surface area (Å²) in [5, 5.41) is 10.1. The molecule has 86 valence electrons. The van der Waals surface area contributed by atoms with Crippen molar-refractivity contribution in [2.75, 3.05) is 6.54 Å². The van der Waals surface area contributed by atoms with Gasteiger partial charge in [-0.15, -0.1) is 0 Å². The maximum Gasteiger partial charge on any atom is 0.106 e. The van der Waals surface area contributed by atoms with Crippen LogP contribution in [0.1, 0.15) is 11.1 Å². The normalized spacial score (nSPS) is 9.56. The van der Waals surface area contributed by atoms with E-state index in [9.17, 15) is 0 Å². The largest absolute Gasteiger partial charge is 0.309 e. The molecule has 1 aromatic carbocycles. The van der Waals surface area contributed by atoms with Gasteiger partial charge in [0.05, 0.1) is 0 Å². The molecule has 0 aromatic heterocycles. The molecule has 0 spiro atoms. The van der Waals surface area contributed by atoms with Crippen LogP contribution in [0.5, 0.6) is 0 Å². The predicted octanol–water partition coefficient (Wildman–Crippen LogP) is 2.11. The van der Waals surface area contributed by atoms with Crippen molar-refractivity contribution in [3.63, 3.8) is 0 Å². The highest BCUT2D eigenvalue weighted by molar-refractivity contribution is 5.67. The highest BCUT2D eigenvalue weighted by atomic mass is 16.1. The average Bonchev–Trinajstić information content (AvgIpc) is 2.32. The zero-order chi connectivity index (χ0) is 12.2. The molecule has 1 aromatic rings. The number of hydrogen-bond acceptors (Lipinski definition) is 3. The summed E-state index contributed by atoms with van der Waals surface area (Å²) in [5.41, 5.74) is 2.59. The van der Waals surface area contributed by atoms with E-state index in [2.05, 4.69) is 36.5 Å². The van der Waals surface area contributed by atoms with Gasteiger partial charge in [0.15, 0.2) is 0 Å². The maximum absolute atomic E-state index is 8.00. The van der Waals surface area contributed by atoms with Gasteiger partial charge in [-0.25, -0.2) is 0 Å². The highest BCUT2D eigenvalue weighted by Gasteiger charge is 1.90. The lowest BCUT2D eigenvalue weighted by atomic mass is 10.1. The number of carbonyl (C=O) groups excluding carboxylic acids is 1. The Balaban J connectivity index is 0.00000106. The van der Waals surface area contributed by atoms with Crippen molar-refractivity contribution in [2.24, 2.45) is 0 Å². The van der Waals surface area contributed by atoms with Crippen LogP contribution >= 0.6 is 0 Å². The third kappa shape index (κ3) is 6.68. The third-order valence-corrected chi connectivity index (χ3v) is 1.91. The second kappa shape index (κ2) is 9.80. The molecule has 0 amide bonds. The molecule has 0 aliphatic carbocycles. The van der Waals surface area contributed by atoms with Crippen molar-refractivity contribution in [2.45, 2.75) is 13.5 Å².